The van der Waals surface area contributed by atoms with Gasteiger partial charge in [0.25, 0.3) is 5.91 Å². The lowest BCUT2D eigenvalue weighted by atomic mass is 10.2. The molecule has 0 aliphatic carbocycles. The summed E-state index contributed by atoms with van der Waals surface area (Å²) in [4.78, 5) is 14.3. The minimum Gasteiger partial charge on any atom is -0.378 e. The zero-order valence-corrected chi connectivity index (χ0v) is 14.5. The minimum atomic E-state index is -0.577. The van der Waals surface area contributed by atoms with Crippen molar-refractivity contribution in [1.29, 1.82) is 0 Å². The Labute approximate surface area is 152 Å². The number of amides is 1. The van der Waals surface area contributed by atoms with E-state index in [1.54, 1.807) is 0 Å². The number of hydrazone groups is 1. The highest BCUT2D eigenvalue weighted by Gasteiger charge is 2.24. The highest BCUT2D eigenvalue weighted by molar-refractivity contribution is 5.94. The van der Waals surface area contributed by atoms with Crippen LogP contribution in [0.1, 0.15) is 21.7 Å². The molecule has 0 atom stereocenters. The van der Waals surface area contributed by atoms with Gasteiger partial charge in [-0.25, -0.2) is 14.4 Å². The Morgan fingerprint density at radius 1 is 1.37 bits per heavy atom. The fraction of sp³-hybridized carbons (Fsp3) is 0.200. The molecular weight excluding hydrogens is 357 g/mol. The second-order valence-electron chi connectivity index (χ2n) is 5.76. The van der Waals surface area contributed by atoms with Crippen LogP contribution in [0.25, 0.3) is 5.82 Å². The summed E-state index contributed by atoms with van der Waals surface area (Å²) in [6.45, 7) is 0.323. The van der Waals surface area contributed by atoms with E-state index in [4.69, 9.17) is 5.73 Å². The molecule has 3 aromatic rings. The third kappa shape index (κ3) is 4.12. The van der Waals surface area contributed by atoms with Crippen LogP contribution in [-0.4, -0.2) is 56.4 Å². The van der Waals surface area contributed by atoms with Crippen LogP contribution in [0, 0.1) is 5.82 Å². The molecule has 3 rings (SSSR count). The average molecular weight is 373 g/mol. The van der Waals surface area contributed by atoms with E-state index in [1.807, 2.05) is 19.0 Å². The van der Waals surface area contributed by atoms with Crippen molar-refractivity contribution in [1.82, 2.24) is 35.6 Å². The zero-order valence-electron chi connectivity index (χ0n) is 14.5. The molecule has 1 aromatic carbocycles. The largest absolute Gasteiger partial charge is 0.378 e. The first-order chi connectivity index (χ1) is 13.0. The smallest absolute Gasteiger partial charge is 0.293 e. The van der Waals surface area contributed by atoms with Gasteiger partial charge in [-0.15, -0.1) is 5.10 Å². The SMILES string of the molecule is CN(C)Cc1c(C(=O)N/N=C/c2ccc(F)cc2)nnn1-c1nonc1N. The molecule has 0 spiro atoms. The van der Waals surface area contributed by atoms with Crippen LogP contribution in [0.4, 0.5) is 10.2 Å². The predicted octanol–water partition coefficient (Wildman–Crippen LogP) is 0.197. The number of carbonyl (C=O) groups excluding carboxylic acids is 1. The number of hydrogen-bond donors (Lipinski definition) is 2. The lowest BCUT2D eigenvalue weighted by molar-refractivity contribution is 0.0948. The first-order valence-corrected chi connectivity index (χ1v) is 7.72. The Bertz CT molecular complexity index is 962. The highest BCUT2D eigenvalue weighted by Crippen LogP contribution is 2.16. The van der Waals surface area contributed by atoms with Crippen molar-refractivity contribution in [2.45, 2.75) is 6.54 Å². The summed E-state index contributed by atoms with van der Waals surface area (Å²) in [7, 11) is 3.63. The van der Waals surface area contributed by atoms with E-state index in [0.717, 1.165) is 0 Å². The maximum absolute atomic E-state index is 12.9. The molecule has 2 aromatic heterocycles. The van der Waals surface area contributed by atoms with Crippen LogP contribution in [-0.2, 0) is 6.54 Å². The molecule has 0 aliphatic rings. The zero-order chi connectivity index (χ0) is 19.4. The van der Waals surface area contributed by atoms with Gasteiger partial charge in [0.2, 0.25) is 11.6 Å². The number of nitrogens with two attached hydrogens (primary N) is 1. The van der Waals surface area contributed by atoms with Crippen LogP contribution >= 0.6 is 0 Å². The first kappa shape index (κ1) is 18.1. The van der Waals surface area contributed by atoms with Gasteiger partial charge in [-0.2, -0.15) is 9.78 Å². The molecule has 3 N–H and O–H groups in total. The Hall–Kier alpha value is -3.67. The lowest BCUT2D eigenvalue weighted by Crippen LogP contribution is -2.23. The molecule has 0 radical (unpaired) electrons. The van der Waals surface area contributed by atoms with Crippen molar-refractivity contribution in [3.05, 3.63) is 47.0 Å². The molecule has 11 nitrogen and oxygen atoms in total. The summed E-state index contributed by atoms with van der Waals surface area (Å²) in [5, 5.41) is 18.8. The molecule has 0 bridgehead atoms. The quantitative estimate of drug-likeness (QED) is 0.461. The second-order valence-corrected chi connectivity index (χ2v) is 5.76. The maximum atomic E-state index is 12.9. The van der Waals surface area contributed by atoms with E-state index < -0.39 is 5.91 Å². The Balaban J connectivity index is 1.82. The molecule has 0 saturated carbocycles. The van der Waals surface area contributed by atoms with Crippen molar-refractivity contribution in [3.63, 3.8) is 0 Å². The van der Waals surface area contributed by atoms with Crippen molar-refractivity contribution in [2.75, 3.05) is 19.8 Å². The van der Waals surface area contributed by atoms with Crippen molar-refractivity contribution in [2.24, 2.45) is 5.10 Å². The molecule has 0 unspecified atom stereocenters. The van der Waals surface area contributed by atoms with E-state index >= 15 is 0 Å². The molecular formula is C15H16FN9O2. The van der Waals surface area contributed by atoms with Gasteiger partial charge in [0.15, 0.2) is 5.69 Å². The molecule has 0 fully saturated rings. The number of benzene rings is 1. The Morgan fingerprint density at radius 2 is 2.11 bits per heavy atom. The average Bonchev–Trinajstić information content (AvgIpc) is 3.22. The summed E-state index contributed by atoms with van der Waals surface area (Å²) in [6.07, 6.45) is 1.38. The number of aromatic nitrogens is 5. The topological polar surface area (TPSA) is 140 Å². The number of halogens is 1. The number of carbonyl (C=O) groups is 1. The molecule has 2 heterocycles. The van der Waals surface area contributed by atoms with Gasteiger partial charge in [0.05, 0.1) is 11.9 Å². The maximum Gasteiger partial charge on any atom is 0.293 e. The number of nitrogens with zero attached hydrogens (tertiary/aromatic N) is 7. The third-order valence-electron chi connectivity index (χ3n) is 3.39. The minimum absolute atomic E-state index is 0.0150. The standard InChI is InChI=1S/C15H16FN9O2/c1-24(2)8-11-12(19-23-25(11)14-13(17)21-27-22-14)15(26)20-18-7-9-3-5-10(16)6-4-9/h3-7H,8H2,1-2H3,(H2,17,21)(H,20,26)/b18-7+. The van der Waals surface area contributed by atoms with Gasteiger partial charge in [-0.1, -0.05) is 17.3 Å². The normalized spacial score (nSPS) is 11.4. The Kier molecular flexibility index (Phi) is 5.17. The summed E-state index contributed by atoms with van der Waals surface area (Å²) >= 11 is 0. The van der Waals surface area contributed by atoms with Crippen LogP contribution in [0.2, 0.25) is 0 Å². The molecule has 140 valence electrons. The third-order valence-corrected chi connectivity index (χ3v) is 3.39. The lowest BCUT2D eigenvalue weighted by Gasteiger charge is -2.11. The first-order valence-electron chi connectivity index (χ1n) is 7.72. The van der Waals surface area contributed by atoms with Gasteiger partial charge in [0.1, 0.15) is 5.82 Å². The van der Waals surface area contributed by atoms with E-state index in [2.05, 4.69) is 35.8 Å². The number of nitrogen functional groups attached to an aromatic ring is 1. The van der Waals surface area contributed by atoms with Crippen molar-refractivity contribution >= 4 is 17.9 Å². The van der Waals surface area contributed by atoms with Crippen LogP contribution in [0.3, 0.4) is 0 Å². The molecule has 0 aliphatic heterocycles. The van der Waals surface area contributed by atoms with Gasteiger partial charge >= 0.3 is 0 Å². The summed E-state index contributed by atoms with van der Waals surface area (Å²) in [6, 6.07) is 5.64. The molecule has 1 amide bonds. The van der Waals surface area contributed by atoms with Crippen molar-refractivity contribution in [3.8, 4) is 5.82 Å². The number of hydrogen-bond acceptors (Lipinski definition) is 9. The van der Waals surface area contributed by atoms with E-state index in [1.165, 1.54) is 35.2 Å². The van der Waals surface area contributed by atoms with Crippen LogP contribution in [0.5, 0.6) is 0 Å². The van der Waals surface area contributed by atoms with Crippen molar-refractivity contribution < 1.29 is 13.8 Å². The van der Waals surface area contributed by atoms with E-state index in [-0.39, 0.29) is 23.1 Å². The number of anilines is 1. The van der Waals surface area contributed by atoms with Gasteiger partial charge in [-0.3, -0.25) is 4.79 Å². The molecule has 0 saturated heterocycles. The number of rotatable bonds is 6. The monoisotopic (exact) mass is 373 g/mol. The number of nitrogens with one attached hydrogen (secondary N) is 1. The van der Waals surface area contributed by atoms with Crippen LogP contribution in [0.15, 0.2) is 34.0 Å². The predicted molar refractivity (Wildman–Crippen MR) is 92.5 cm³/mol. The molecule has 12 heteroatoms. The molecule has 27 heavy (non-hydrogen) atoms. The fourth-order valence-electron chi connectivity index (χ4n) is 2.19. The second kappa shape index (κ2) is 7.70. The fourth-order valence-corrected chi connectivity index (χ4v) is 2.19. The van der Waals surface area contributed by atoms with Gasteiger partial charge in [0, 0.05) is 6.54 Å². The van der Waals surface area contributed by atoms with Crippen LogP contribution < -0.4 is 11.2 Å². The Morgan fingerprint density at radius 3 is 2.74 bits per heavy atom. The van der Waals surface area contributed by atoms with Gasteiger partial charge < -0.3 is 10.6 Å². The van der Waals surface area contributed by atoms with E-state index in [9.17, 15) is 9.18 Å². The summed E-state index contributed by atoms with van der Waals surface area (Å²) in [5.74, 6) is -0.788. The van der Waals surface area contributed by atoms with E-state index in [0.29, 0.717) is 17.8 Å². The highest BCUT2D eigenvalue weighted by atomic mass is 19.1. The van der Waals surface area contributed by atoms with Gasteiger partial charge in [-0.05, 0) is 42.1 Å². The summed E-state index contributed by atoms with van der Waals surface area (Å²) in [5.41, 5.74) is 9.15. The summed E-state index contributed by atoms with van der Waals surface area (Å²) < 4.78 is 18.7.